The van der Waals surface area contributed by atoms with Crippen LogP contribution >= 0.6 is 0 Å². The number of rotatable bonds is 1. The van der Waals surface area contributed by atoms with Gasteiger partial charge in [-0.15, -0.1) is 19.7 Å². The van der Waals surface area contributed by atoms with Crippen LogP contribution in [0.2, 0.25) is 0 Å². The van der Waals surface area contributed by atoms with Gasteiger partial charge >= 0.3 is 0 Å². The van der Waals surface area contributed by atoms with Gasteiger partial charge in [0, 0.05) is 0 Å². The largest absolute Gasteiger partial charge is 0.106 e. The summed E-state index contributed by atoms with van der Waals surface area (Å²) in [5, 5.41) is 0. The van der Waals surface area contributed by atoms with Gasteiger partial charge in [-0.25, -0.2) is 0 Å². The molecule has 2 aliphatic carbocycles. The Hall–Kier alpha value is -1.04. The van der Waals surface area contributed by atoms with E-state index in [2.05, 4.69) is 51.8 Å². The molecule has 84 valence electrons. The maximum absolute atomic E-state index is 3.48. The monoisotopic (exact) mass is 204 g/mol. The zero-order chi connectivity index (χ0) is 11.7. The van der Waals surface area contributed by atoms with E-state index < -0.39 is 0 Å². The Labute approximate surface area is 95.1 Å². The van der Waals surface area contributed by atoms with E-state index in [0.29, 0.717) is 0 Å². The van der Waals surface area contributed by atoms with Crippen LogP contribution in [0.15, 0.2) is 49.6 Å². The first-order valence-corrected chi connectivity index (χ1v) is 5.76. The average molecular weight is 204 g/mol. The van der Waals surface area contributed by atoms with Crippen molar-refractivity contribution in [3.8, 4) is 0 Å². The zero-order valence-electron chi connectivity index (χ0n) is 10.2. The molecule has 0 heterocycles. The minimum absolute atomic E-state index is 0.833. The van der Waals surface area contributed by atoms with Gasteiger partial charge in [0.15, 0.2) is 0 Å². The molecule has 0 aliphatic heterocycles. The predicted octanol–water partition coefficient (Wildman–Crippen LogP) is 4.91. The summed E-state index contributed by atoms with van der Waals surface area (Å²) in [6.45, 7) is 13.7. The number of allylic oxidation sites excluding steroid dienone is 5. The SMILES string of the molecule is C=C.C=CCC.CC=C1CC2C=CC1C2. The standard InChI is InChI=1S/C9H12.C4H8.C2H4/c1-2-8-5-7-3-4-9(8)6-7;1-3-4-2;1-2/h2-4,7,9H,5-6H2,1H3;3H,1,4H2,2H3;1-2H2. The molecule has 0 nitrogen and oxygen atoms in total. The van der Waals surface area contributed by atoms with Crippen molar-refractivity contribution in [2.75, 3.05) is 0 Å². The molecule has 1 saturated carbocycles. The Balaban J connectivity index is 0.000000282. The Kier molecular flexibility index (Phi) is 7.71. The topological polar surface area (TPSA) is 0 Å². The minimum atomic E-state index is 0.833. The maximum Gasteiger partial charge on any atom is -0.00174 e. The van der Waals surface area contributed by atoms with Crippen molar-refractivity contribution in [3.63, 3.8) is 0 Å². The summed E-state index contributed by atoms with van der Waals surface area (Å²) in [7, 11) is 0. The average Bonchev–Trinajstić information content (AvgIpc) is 2.93. The summed E-state index contributed by atoms with van der Waals surface area (Å²) in [4.78, 5) is 0. The molecule has 0 N–H and O–H groups in total. The summed E-state index contributed by atoms with van der Waals surface area (Å²) in [5.74, 6) is 1.74. The fourth-order valence-electron chi connectivity index (χ4n) is 1.99. The minimum Gasteiger partial charge on any atom is -0.106 e. The number of fused-ring (bicyclic) bond motifs is 2. The van der Waals surface area contributed by atoms with Gasteiger partial charge < -0.3 is 0 Å². The normalized spacial score (nSPS) is 27.7. The van der Waals surface area contributed by atoms with E-state index in [1.54, 1.807) is 5.57 Å². The molecule has 1 fully saturated rings. The number of hydrogen-bond acceptors (Lipinski definition) is 0. The van der Waals surface area contributed by atoms with Gasteiger partial charge in [0.2, 0.25) is 0 Å². The molecular weight excluding hydrogens is 180 g/mol. The Bertz CT molecular complexity index is 232. The lowest BCUT2D eigenvalue weighted by molar-refractivity contribution is 0.693. The Morgan fingerprint density at radius 2 is 2.00 bits per heavy atom. The van der Waals surface area contributed by atoms with Gasteiger partial charge in [-0.2, -0.15) is 0 Å². The summed E-state index contributed by atoms with van der Waals surface area (Å²) in [5.41, 5.74) is 1.67. The molecule has 0 saturated heterocycles. The molecule has 0 aromatic carbocycles. The summed E-state index contributed by atoms with van der Waals surface area (Å²) >= 11 is 0. The second-order valence-corrected chi connectivity index (χ2v) is 3.75. The molecule has 2 atom stereocenters. The van der Waals surface area contributed by atoms with Crippen LogP contribution in [0.1, 0.15) is 33.1 Å². The first-order valence-electron chi connectivity index (χ1n) is 5.76. The van der Waals surface area contributed by atoms with E-state index in [0.717, 1.165) is 18.3 Å². The quantitative estimate of drug-likeness (QED) is 0.532. The second-order valence-electron chi connectivity index (χ2n) is 3.75. The zero-order valence-corrected chi connectivity index (χ0v) is 10.2. The van der Waals surface area contributed by atoms with Crippen molar-refractivity contribution >= 4 is 0 Å². The van der Waals surface area contributed by atoms with Crippen molar-refractivity contribution in [3.05, 3.63) is 49.6 Å². The highest BCUT2D eigenvalue weighted by molar-refractivity contribution is 5.26. The lowest BCUT2D eigenvalue weighted by Crippen LogP contribution is -1.90. The lowest BCUT2D eigenvalue weighted by Gasteiger charge is -2.05. The highest BCUT2D eigenvalue weighted by atomic mass is 14.3. The van der Waals surface area contributed by atoms with E-state index in [4.69, 9.17) is 0 Å². The summed E-state index contributed by atoms with van der Waals surface area (Å²) in [6.07, 6.45) is 12.7. The highest BCUT2D eigenvalue weighted by Crippen LogP contribution is 2.42. The van der Waals surface area contributed by atoms with Crippen molar-refractivity contribution in [1.82, 2.24) is 0 Å². The molecule has 2 rings (SSSR count). The highest BCUT2D eigenvalue weighted by Gasteiger charge is 2.29. The number of hydrogen-bond donors (Lipinski definition) is 0. The van der Waals surface area contributed by atoms with E-state index in [1.165, 1.54) is 12.8 Å². The van der Waals surface area contributed by atoms with Gasteiger partial charge in [0.05, 0.1) is 0 Å². The van der Waals surface area contributed by atoms with E-state index >= 15 is 0 Å². The molecule has 2 aliphatic rings. The molecule has 2 bridgehead atoms. The van der Waals surface area contributed by atoms with Crippen LogP contribution in [0.25, 0.3) is 0 Å². The van der Waals surface area contributed by atoms with Gasteiger partial charge in [0.1, 0.15) is 0 Å². The molecule has 2 unspecified atom stereocenters. The Morgan fingerprint density at radius 1 is 1.40 bits per heavy atom. The third kappa shape index (κ3) is 4.33. The first kappa shape index (κ1) is 14.0. The van der Waals surface area contributed by atoms with Crippen molar-refractivity contribution in [1.29, 1.82) is 0 Å². The Morgan fingerprint density at radius 3 is 2.20 bits per heavy atom. The van der Waals surface area contributed by atoms with Gasteiger partial charge in [-0.3, -0.25) is 0 Å². The van der Waals surface area contributed by atoms with Crippen LogP contribution in [0.3, 0.4) is 0 Å². The molecule has 0 aromatic rings. The molecular formula is C15H24. The van der Waals surface area contributed by atoms with Crippen LogP contribution in [0, 0.1) is 11.8 Å². The summed E-state index contributed by atoms with van der Waals surface area (Å²) < 4.78 is 0. The fourth-order valence-corrected chi connectivity index (χ4v) is 1.99. The van der Waals surface area contributed by atoms with Gasteiger partial charge in [0.25, 0.3) is 0 Å². The molecule has 15 heavy (non-hydrogen) atoms. The predicted molar refractivity (Wildman–Crippen MR) is 70.9 cm³/mol. The molecule has 0 amide bonds. The molecule has 0 heteroatoms. The van der Waals surface area contributed by atoms with Crippen LogP contribution in [-0.4, -0.2) is 0 Å². The van der Waals surface area contributed by atoms with Crippen LogP contribution in [0.5, 0.6) is 0 Å². The fraction of sp³-hybridized carbons (Fsp3) is 0.467. The maximum atomic E-state index is 3.48. The van der Waals surface area contributed by atoms with E-state index in [9.17, 15) is 0 Å². The van der Waals surface area contributed by atoms with Gasteiger partial charge in [-0.05, 0) is 38.0 Å². The third-order valence-corrected chi connectivity index (χ3v) is 2.81. The van der Waals surface area contributed by atoms with Crippen molar-refractivity contribution in [2.45, 2.75) is 33.1 Å². The summed E-state index contributed by atoms with van der Waals surface area (Å²) in [6, 6.07) is 0. The lowest BCUT2D eigenvalue weighted by atomic mass is 10.0. The first-order chi connectivity index (χ1) is 7.31. The van der Waals surface area contributed by atoms with Crippen LogP contribution in [0.4, 0.5) is 0 Å². The molecule has 0 radical (unpaired) electrons. The smallest absolute Gasteiger partial charge is 0.00174 e. The van der Waals surface area contributed by atoms with Crippen LogP contribution in [-0.2, 0) is 0 Å². The second kappa shape index (κ2) is 8.28. The van der Waals surface area contributed by atoms with Crippen molar-refractivity contribution < 1.29 is 0 Å². The third-order valence-electron chi connectivity index (χ3n) is 2.81. The van der Waals surface area contributed by atoms with E-state index in [-0.39, 0.29) is 0 Å². The molecule has 0 aromatic heterocycles. The van der Waals surface area contributed by atoms with E-state index in [1.807, 2.05) is 6.08 Å². The van der Waals surface area contributed by atoms with Crippen molar-refractivity contribution in [2.24, 2.45) is 11.8 Å². The van der Waals surface area contributed by atoms with Gasteiger partial charge in [-0.1, -0.05) is 36.8 Å². The van der Waals surface area contributed by atoms with Crippen LogP contribution < -0.4 is 0 Å². The molecule has 0 spiro atoms.